The summed E-state index contributed by atoms with van der Waals surface area (Å²) in [4.78, 5) is 32.9. The summed E-state index contributed by atoms with van der Waals surface area (Å²) in [5.41, 5.74) is 1.82. The first-order chi connectivity index (χ1) is 14.5. The van der Waals surface area contributed by atoms with E-state index in [0.717, 1.165) is 46.5 Å². The highest BCUT2D eigenvalue weighted by Gasteiger charge is 2.25. The molecule has 158 valence electrons. The Bertz CT molecular complexity index is 1140. The van der Waals surface area contributed by atoms with Crippen LogP contribution in [0.25, 0.3) is 15.9 Å². The molecule has 0 fully saturated rings. The average Bonchev–Trinajstić information content (AvgIpc) is 3.30. The van der Waals surface area contributed by atoms with E-state index in [-0.39, 0.29) is 16.7 Å². The summed E-state index contributed by atoms with van der Waals surface area (Å²) in [6.45, 7) is 6.81. The van der Waals surface area contributed by atoms with E-state index in [4.69, 9.17) is 9.72 Å². The van der Waals surface area contributed by atoms with Crippen molar-refractivity contribution in [3.8, 4) is 11.4 Å². The minimum Gasteiger partial charge on any atom is -0.494 e. The van der Waals surface area contributed by atoms with E-state index in [0.29, 0.717) is 18.3 Å². The normalized spacial score (nSPS) is 14.0. The van der Waals surface area contributed by atoms with Crippen molar-refractivity contribution in [2.24, 2.45) is 0 Å². The Morgan fingerprint density at radius 1 is 1.30 bits per heavy atom. The molecule has 1 amide bonds. The van der Waals surface area contributed by atoms with E-state index in [1.54, 1.807) is 15.9 Å². The lowest BCUT2D eigenvalue weighted by atomic mass is 10.2. The molecule has 0 aliphatic heterocycles. The zero-order valence-electron chi connectivity index (χ0n) is 17.4. The molecule has 1 aliphatic carbocycles. The first kappa shape index (κ1) is 20.9. The number of ether oxygens (including phenoxy) is 1. The highest BCUT2D eigenvalue weighted by molar-refractivity contribution is 8.00. The third kappa shape index (κ3) is 3.86. The van der Waals surface area contributed by atoms with Gasteiger partial charge < -0.3 is 10.1 Å². The van der Waals surface area contributed by atoms with Crippen LogP contribution in [0.15, 0.2) is 34.2 Å². The molecule has 4 rings (SSSR count). The number of aryl methyl sites for hydroxylation is 2. The molecule has 8 heteroatoms. The quantitative estimate of drug-likeness (QED) is 0.442. The van der Waals surface area contributed by atoms with Crippen molar-refractivity contribution in [1.29, 1.82) is 0 Å². The number of benzene rings is 1. The summed E-state index contributed by atoms with van der Waals surface area (Å²) in [5, 5.41) is 3.75. The Kier molecular flexibility index (Phi) is 6.15. The largest absolute Gasteiger partial charge is 0.494 e. The molecule has 6 nitrogen and oxygen atoms in total. The molecule has 1 aromatic carbocycles. The van der Waals surface area contributed by atoms with Crippen molar-refractivity contribution in [1.82, 2.24) is 14.9 Å². The third-order valence-corrected chi connectivity index (χ3v) is 7.35. The van der Waals surface area contributed by atoms with Gasteiger partial charge in [0.15, 0.2) is 5.16 Å². The van der Waals surface area contributed by atoms with Gasteiger partial charge in [-0.25, -0.2) is 4.98 Å². The molecule has 0 radical (unpaired) electrons. The zero-order chi connectivity index (χ0) is 21.3. The van der Waals surface area contributed by atoms with Gasteiger partial charge in [0.1, 0.15) is 10.6 Å². The lowest BCUT2D eigenvalue weighted by molar-refractivity contribution is -0.120. The topological polar surface area (TPSA) is 73.2 Å². The molecule has 0 saturated heterocycles. The molecule has 0 saturated carbocycles. The summed E-state index contributed by atoms with van der Waals surface area (Å²) < 4.78 is 7.18. The van der Waals surface area contributed by atoms with Gasteiger partial charge in [-0.1, -0.05) is 11.8 Å². The maximum absolute atomic E-state index is 13.6. The Morgan fingerprint density at radius 3 is 2.77 bits per heavy atom. The molecule has 0 bridgehead atoms. The number of aromatic nitrogens is 2. The van der Waals surface area contributed by atoms with Crippen molar-refractivity contribution in [3.05, 3.63) is 45.1 Å². The molecule has 3 aromatic rings. The molecule has 2 aromatic heterocycles. The Hall–Kier alpha value is -2.32. The van der Waals surface area contributed by atoms with E-state index >= 15 is 0 Å². The Balaban J connectivity index is 1.85. The summed E-state index contributed by atoms with van der Waals surface area (Å²) in [6, 6.07) is 7.45. The van der Waals surface area contributed by atoms with Crippen molar-refractivity contribution in [2.45, 2.75) is 50.4 Å². The minimum atomic E-state index is -0.366. The van der Waals surface area contributed by atoms with Crippen LogP contribution in [0.2, 0.25) is 0 Å². The fraction of sp³-hybridized carbons (Fsp3) is 0.409. The second-order valence-electron chi connectivity index (χ2n) is 7.15. The first-order valence-electron chi connectivity index (χ1n) is 10.3. The van der Waals surface area contributed by atoms with Gasteiger partial charge >= 0.3 is 0 Å². The number of nitrogens with one attached hydrogen (secondary N) is 1. The van der Waals surface area contributed by atoms with Crippen LogP contribution in [-0.2, 0) is 17.6 Å². The van der Waals surface area contributed by atoms with Crippen LogP contribution in [-0.4, -0.2) is 33.9 Å². The standard InChI is InChI=1S/C22H25N3O3S2/c1-4-23-19(26)13(3)29-22-24-20-18(16-7-6-8-17(16)30-20)21(27)25(22)14-9-11-15(12-10-14)28-5-2/h9-13H,4-8H2,1-3H3,(H,23,26). The predicted molar refractivity (Wildman–Crippen MR) is 122 cm³/mol. The van der Waals surface area contributed by atoms with E-state index in [1.165, 1.54) is 16.6 Å². The van der Waals surface area contributed by atoms with Crippen LogP contribution in [0.4, 0.5) is 0 Å². The molecular formula is C22H25N3O3S2. The van der Waals surface area contributed by atoms with Gasteiger partial charge in [0.25, 0.3) is 5.56 Å². The first-order valence-corrected chi connectivity index (χ1v) is 12.0. The number of thioether (sulfide) groups is 1. The van der Waals surface area contributed by atoms with Crippen molar-refractivity contribution in [3.63, 3.8) is 0 Å². The third-order valence-electron chi connectivity index (χ3n) is 5.12. The number of fused-ring (bicyclic) bond motifs is 3. The summed E-state index contributed by atoms with van der Waals surface area (Å²) >= 11 is 2.93. The van der Waals surface area contributed by atoms with E-state index in [1.807, 2.05) is 45.0 Å². The van der Waals surface area contributed by atoms with Crippen LogP contribution in [0, 0.1) is 0 Å². The predicted octanol–water partition coefficient (Wildman–Crippen LogP) is 3.95. The van der Waals surface area contributed by atoms with Crippen molar-refractivity contribution < 1.29 is 9.53 Å². The van der Waals surface area contributed by atoms with Gasteiger partial charge in [-0.3, -0.25) is 14.2 Å². The van der Waals surface area contributed by atoms with E-state index in [2.05, 4.69) is 5.32 Å². The molecule has 0 spiro atoms. The minimum absolute atomic E-state index is 0.0610. The van der Waals surface area contributed by atoms with Crippen LogP contribution < -0.4 is 15.6 Å². The van der Waals surface area contributed by atoms with Gasteiger partial charge in [-0.2, -0.15) is 0 Å². The van der Waals surface area contributed by atoms with Gasteiger partial charge in [0.2, 0.25) is 5.91 Å². The lowest BCUT2D eigenvalue weighted by Crippen LogP contribution is -2.31. The number of nitrogens with zero attached hydrogens (tertiary/aromatic N) is 2. The number of rotatable bonds is 7. The SMILES string of the molecule is CCNC(=O)C(C)Sc1nc2sc3c(c2c(=O)n1-c1ccc(OCC)cc1)CCC3. The van der Waals surface area contributed by atoms with Gasteiger partial charge in [0.05, 0.1) is 22.9 Å². The van der Waals surface area contributed by atoms with Gasteiger partial charge in [-0.15, -0.1) is 11.3 Å². The Labute approximate surface area is 183 Å². The molecule has 30 heavy (non-hydrogen) atoms. The van der Waals surface area contributed by atoms with Gasteiger partial charge in [-0.05, 0) is 69.9 Å². The monoisotopic (exact) mass is 443 g/mol. The van der Waals surface area contributed by atoms with E-state index in [9.17, 15) is 9.59 Å². The van der Waals surface area contributed by atoms with Crippen LogP contribution in [0.3, 0.4) is 0 Å². The maximum Gasteiger partial charge on any atom is 0.267 e. The van der Waals surface area contributed by atoms with Crippen LogP contribution in [0.5, 0.6) is 5.75 Å². The molecule has 1 N–H and O–H groups in total. The molecule has 1 aliphatic rings. The molecule has 1 unspecified atom stereocenters. The number of carbonyl (C=O) groups is 1. The van der Waals surface area contributed by atoms with Crippen molar-refractivity contribution >= 4 is 39.2 Å². The second kappa shape index (κ2) is 8.81. The summed E-state index contributed by atoms with van der Waals surface area (Å²) in [5.74, 6) is 0.688. The van der Waals surface area contributed by atoms with E-state index < -0.39 is 0 Å². The van der Waals surface area contributed by atoms with Crippen LogP contribution >= 0.6 is 23.1 Å². The summed E-state index contributed by atoms with van der Waals surface area (Å²) in [6.07, 6.45) is 3.03. The Morgan fingerprint density at radius 2 is 2.07 bits per heavy atom. The lowest BCUT2D eigenvalue weighted by Gasteiger charge is -2.16. The fourth-order valence-corrected chi connectivity index (χ4v) is 5.97. The van der Waals surface area contributed by atoms with Crippen LogP contribution in [0.1, 0.15) is 37.6 Å². The maximum atomic E-state index is 13.6. The average molecular weight is 444 g/mol. The summed E-state index contributed by atoms with van der Waals surface area (Å²) in [7, 11) is 0. The smallest absolute Gasteiger partial charge is 0.267 e. The number of carbonyl (C=O) groups excluding carboxylic acids is 1. The molecule has 2 heterocycles. The second-order valence-corrected chi connectivity index (χ2v) is 9.55. The highest BCUT2D eigenvalue weighted by Crippen LogP contribution is 2.36. The number of thiophene rings is 1. The molecular weight excluding hydrogens is 418 g/mol. The number of hydrogen-bond donors (Lipinski definition) is 1. The van der Waals surface area contributed by atoms with Gasteiger partial charge in [0, 0.05) is 11.4 Å². The number of hydrogen-bond acceptors (Lipinski definition) is 6. The number of amides is 1. The zero-order valence-corrected chi connectivity index (χ0v) is 19.0. The highest BCUT2D eigenvalue weighted by atomic mass is 32.2. The molecule has 1 atom stereocenters. The fourth-order valence-electron chi connectivity index (χ4n) is 3.72. The van der Waals surface area contributed by atoms with Crippen molar-refractivity contribution in [2.75, 3.05) is 13.2 Å².